The van der Waals surface area contributed by atoms with Gasteiger partial charge in [-0.3, -0.25) is 4.90 Å². The van der Waals surface area contributed by atoms with Gasteiger partial charge in [0, 0.05) is 74.6 Å². The SMILES string of the molecule is Cc1cccc(C2CN(C3CCOCC3)C(=O)N2C2CCN(Cc3cnc(Nc4ccc(C(=O)O)cc4)nc3C)CC2)c1. The third kappa shape index (κ3) is 6.50. The lowest BCUT2D eigenvalue weighted by Crippen LogP contribution is -2.48. The molecule has 0 saturated carbocycles. The number of carboxylic acids is 1. The predicted molar refractivity (Wildman–Crippen MR) is 163 cm³/mol. The Kier molecular flexibility index (Phi) is 8.58. The molecule has 3 aliphatic rings. The third-order valence-electron chi connectivity index (χ3n) is 9.04. The lowest BCUT2D eigenvalue weighted by atomic mass is 9.98. The standard InChI is InChI=1S/C33H40N6O4/c1-22-4-3-5-25(18-22)30-21-38(28-12-16-43-17-13-28)33(42)39(30)29-10-14-37(15-11-29)20-26-19-34-32(35-23(26)2)36-27-8-6-24(7-9-27)31(40)41/h3-9,18-19,28-30H,10-17,20-21H2,1-2H3,(H,40,41)(H,34,35,36). The van der Waals surface area contributed by atoms with E-state index in [1.807, 2.05) is 13.1 Å². The van der Waals surface area contributed by atoms with Gasteiger partial charge in [0.25, 0.3) is 0 Å². The van der Waals surface area contributed by atoms with Gasteiger partial charge in [-0.15, -0.1) is 0 Å². The van der Waals surface area contributed by atoms with Gasteiger partial charge in [-0.2, -0.15) is 0 Å². The lowest BCUT2D eigenvalue weighted by Gasteiger charge is -2.39. The maximum absolute atomic E-state index is 13.9. The molecule has 226 valence electrons. The Morgan fingerprint density at radius 2 is 1.77 bits per heavy atom. The van der Waals surface area contributed by atoms with Crippen molar-refractivity contribution in [3.8, 4) is 0 Å². The molecule has 6 rings (SSSR count). The van der Waals surface area contributed by atoms with Crippen LogP contribution < -0.4 is 5.32 Å². The van der Waals surface area contributed by atoms with Crippen molar-refractivity contribution in [1.82, 2.24) is 24.7 Å². The van der Waals surface area contributed by atoms with Gasteiger partial charge in [0.2, 0.25) is 5.95 Å². The Morgan fingerprint density at radius 3 is 2.44 bits per heavy atom. The highest BCUT2D eigenvalue weighted by Crippen LogP contribution is 2.37. The average Bonchev–Trinajstić information content (AvgIpc) is 3.36. The number of benzene rings is 2. The van der Waals surface area contributed by atoms with E-state index >= 15 is 0 Å². The summed E-state index contributed by atoms with van der Waals surface area (Å²) in [5, 5.41) is 12.3. The number of aromatic nitrogens is 2. The number of hydrogen-bond donors (Lipinski definition) is 2. The molecule has 10 nitrogen and oxygen atoms in total. The van der Waals surface area contributed by atoms with E-state index < -0.39 is 5.97 Å². The first-order valence-corrected chi connectivity index (χ1v) is 15.2. The van der Waals surface area contributed by atoms with Crippen LogP contribution in [0.5, 0.6) is 0 Å². The highest BCUT2D eigenvalue weighted by atomic mass is 16.5. The molecule has 0 radical (unpaired) electrons. The smallest absolute Gasteiger partial charge is 0.335 e. The lowest BCUT2D eigenvalue weighted by molar-refractivity contribution is 0.0493. The van der Waals surface area contributed by atoms with Gasteiger partial charge in [0.1, 0.15) is 0 Å². The summed E-state index contributed by atoms with van der Waals surface area (Å²) in [4.78, 5) is 41.0. The molecule has 1 aromatic heterocycles. The van der Waals surface area contributed by atoms with Crippen LogP contribution in [0.2, 0.25) is 0 Å². The fraction of sp³-hybridized carbons (Fsp3) is 0.455. The number of anilines is 2. The Labute approximate surface area is 252 Å². The number of nitrogens with one attached hydrogen (secondary N) is 1. The summed E-state index contributed by atoms with van der Waals surface area (Å²) in [6, 6.07) is 15.9. The molecule has 0 aliphatic carbocycles. The maximum atomic E-state index is 13.9. The molecule has 10 heteroatoms. The van der Waals surface area contributed by atoms with Crippen molar-refractivity contribution in [2.24, 2.45) is 0 Å². The number of ether oxygens (including phenoxy) is 1. The van der Waals surface area contributed by atoms with Crippen LogP contribution in [0, 0.1) is 13.8 Å². The minimum atomic E-state index is -0.956. The Hall–Kier alpha value is -4.02. The molecule has 1 atom stereocenters. The van der Waals surface area contributed by atoms with Gasteiger partial charge in [-0.1, -0.05) is 29.8 Å². The zero-order valence-corrected chi connectivity index (χ0v) is 24.9. The van der Waals surface area contributed by atoms with E-state index in [-0.39, 0.29) is 29.7 Å². The number of aromatic carboxylic acids is 1. The molecule has 2 N–H and O–H groups in total. The summed E-state index contributed by atoms with van der Waals surface area (Å²) in [6.07, 6.45) is 5.55. The summed E-state index contributed by atoms with van der Waals surface area (Å²) < 4.78 is 5.59. The summed E-state index contributed by atoms with van der Waals surface area (Å²) in [6.45, 7) is 8.87. The molecular formula is C33H40N6O4. The fourth-order valence-corrected chi connectivity index (χ4v) is 6.62. The Bertz CT molecular complexity index is 1450. The van der Waals surface area contributed by atoms with E-state index in [4.69, 9.17) is 9.84 Å². The van der Waals surface area contributed by atoms with Crippen molar-refractivity contribution in [3.63, 3.8) is 0 Å². The van der Waals surface area contributed by atoms with Crippen molar-refractivity contribution < 1.29 is 19.4 Å². The maximum Gasteiger partial charge on any atom is 0.335 e. The number of likely N-dealkylation sites (tertiary alicyclic amines) is 1. The van der Waals surface area contributed by atoms with Crippen LogP contribution >= 0.6 is 0 Å². The summed E-state index contributed by atoms with van der Waals surface area (Å²) in [5.41, 5.74) is 5.39. The predicted octanol–water partition coefficient (Wildman–Crippen LogP) is 5.16. The highest BCUT2D eigenvalue weighted by molar-refractivity contribution is 5.88. The summed E-state index contributed by atoms with van der Waals surface area (Å²) >= 11 is 0. The third-order valence-corrected chi connectivity index (χ3v) is 9.04. The number of piperidine rings is 1. The quantitative estimate of drug-likeness (QED) is 0.374. The second-order valence-corrected chi connectivity index (χ2v) is 11.9. The normalized spacial score (nSPS) is 20.5. The second-order valence-electron chi connectivity index (χ2n) is 11.9. The number of nitrogens with zero attached hydrogens (tertiary/aromatic N) is 5. The molecule has 2 amide bonds. The van der Waals surface area contributed by atoms with Crippen LogP contribution in [0.1, 0.15) is 64.5 Å². The summed E-state index contributed by atoms with van der Waals surface area (Å²) in [7, 11) is 0. The fourth-order valence-electron chi connectivity index (χ4n) is 6.62. The van der Waals surface area contributed by atoms with Gasteiger partial charge in [0.05, 0.1) is 11.6 Å². The number of aryl methyl sites for hydroxylation is 2. The molecule has 43 heavy (non-hydrogen) atoms. The van der Waals surface area contributed by atoms with Crippen LogP contribution in [-0.2, 0) is 11.3 Å². The summed E-state index contributed by atoms with van der Waals surface area (Å²) in [5.74, 6) is -0.478. The molecular weight excluding hydrogens is 544 g/mol. The average molecular weight is 585 g/mol. The molecule has 2 aromatic carbocycles. The number of amides is 2. The second kappa shape index (κ2) is 12.7. The van der Waals surface area contributed by atoms with Gasteiger partial charge < -0.3 is 25.0 Å². The van der Waals surface area contributed by atoms with E-state index in [1.165, 1.54) is 11.1 Å². The molecule has 0 spiro atoms. The van der Waals surface area contributed by atoms with Gasteiger partial charge in [-0.05, 0) is 69.4 Å². The van der Waals surface area contributed by atoms with Crippen LogP contribution in [0.25, 0.3) is 0 Å². The first-order valence-electron chi connectivity index (χ1n) is 15.2. The van der Waals surface area contributed by atoms with Crippen molar-refractivity contribution >= 4 is 23.6 Å². The molecule has 0 bridgehead atoms. The zero-order valence-electron chi connectivity index (χ0n) is 24.9. The topological polar surface area (TPSA) is 111 Å². The molecule has 1 unspecified atom stereocenters. The number of hydrogen-bond acceptors (Lipinski definition) is 7. The van der Waals surface area contributed by atoms with Crippen LogP contribution in [0.15, 0.2) is 54.7 Å². The molecule has 3 aromatic rings. The van der Waals surface area contributed by atoms with Gasteiger partial charge >= 0.3 is 12.0 Å². The Morgan fingerprint density at radius 1 is 1.02 bits per heavy atom. The van der Waals surface area contributed by atoms with Crippen molar-refractivity contribution in [3.05, 3.63) is 82.7 Å². The van der Waals surface area contributed by atoms with Crippen LogP contribution in [0.3, 0.4) is 0 Å². The number of carbonyl (C=O) groups is 2. The molecule has 3 fully saturated rings. The first-order chi connectivity index (χ1) is 20.9. The van der Waals surface area contributed by atoms with Crippen molar-refractivity contribution in [2.45, 2.75) is 64.2 Å². The van der Waals surface area contributed by atoms with E-state index in [0.29, 0.717) is 5.95 Å². The van der Waals surface area contributed by atoms with Crippen LogP contribution in [-0.4, -0.2) is 86.7 Å². The number of carboxylic acid groups (broad SMARTS) is 1. The number of carbonyl (C=O) groups excluding carboxylic acids is 1. The first kappa shape index (κ1) is 29.1. The number of rotatable bonds is 8. The van der Waals surface area contributed by atoms with E-state index in [2.05, 4.69) is 61.2 Å². The van der Waals surface area contributed by atoms with E-state index in [1.54, 1.807) is 24.3 Å². The monoisotopic (exact) mass is 584 g/mol. The molecule has 3 saturated heterocycles. The zero-order chi connectivity index (χ0) is 29.9. The van der Waals surface area contributed by atoms with Crippen molar-refractivity contribution in [1.29, 1.82) is 0 Å². The van der Waals surface area contributed by atoms with E-state index in [0.717, 1.165) is 82.0 Å². The minimum absolute atomic E-state index is 0.0721. The van der Waals surface area contributed by atoms with Crippen molar-refractivity contribution in [2.75, 3.05) is 38.2 Å². The number of urea groups is 1. The van der Waals surface area contributed by atoms with Gasteiger partial charge in [0.15, 0.2) is 0 Å². The Balaban J connectivity index is 1.09. The van der Waals surface area contributed by atoms with Crippen LogP contribution in [0.4, 0.5) is 16.4 Å². The highest BCUT2D eigenvalue weighted by Gasteiger charge is 2.45. The largest absolute Gasteiger partial charge is 0.478 e. The van der Waals surface area contributed by atoms with Gasteiger partial charge in [-0.25, -0.2) is 19.6 Å². The molecule has 4 heterocycles. The van der Waals surface area contributed by atoms with E-state index in [9.17, 15) is 9.59 Å². The molecule has 3 aliphatic heterocycles. The minimum Gasteiger partial charge on any atom is -0.478 e.